The van der Waals surface area contributed by atoms with Crippen LogP contribution in [-0.4, -0.2) is 24.1 Å². The van der Waals surface area contributed by atoms with E-state index < -0.39 is 0 Å². The highest BCUT2D eigenvalue weighted by Crippen LogP contribution is 2.52. The summed E-state index contributed by atoms with van der Waals surface area (Å²) < 4.78 is 4.86. The highest BCUT2D eigenvalue weighted by molar-refractivity contribution is 6.25. The first-order valence-corrected chi connectivity index (χ1v) is 23.1. The van der Waals surface area contributed by atoms with Gasteiger partial charge >= 0.3 is 0 Å². The van der Waals surface area contributed by atoms with Crippen LogP contribution >= 0.6 is 0 Å². The van der Waals surface area contributed by atoms with Crippen LogP contribution in [0.1, 0.15) is 76.6 Å². The van der Waals surface area contributed by atoms with E-state index >= 15 is 0 Å². The zero-order chi connectivity index (χ0) is 44.0. The van der Waals surface area contributed by atoms with Crippen LogP contribution in [0.4, 0.5) is 0 Å². The van der Waals surface area contributed by atoms with Gasteiger partial charge in [0.1, 0.15) is 0 Å². The summed E-state index contributed by atoms with van der Waals surface area (Å²) in [6.07, 6.45) is 2.29. The van der Waals surface area contributed by atoms with Crippen LogP contribution in [-0.2, 0) is 16.2 Å². The van der Waals surface area contributed by atoms with Gasteiger partial charge in [-0.25, -0.2) is 4.98 Å². The molecule has 0 unspecified atom stereocenters. The first-order valence-electron chi connectivity index (χ1n) is 23.1. The maximum atomic E-state index is 5.49. The number of nitrogens with zero attached hydrogens (tertiary/aromatic N) is 5. The zero-order valence-electron chi connectivity index (χ0n) is 37.7. The van der Waals surface area contributed by atoms with Gasteiger partial charge in [-0.05, 0) is 104 Å². The molecule has 65 heavy (non-hydrogen) atoms. The number of para-hydroxylation sites is 1. The topological polar surface area (TPSA) is 48.5 Å². The number of hydrogen-bond donors (Lipinski definition) is 0. The molecule has 0 saturated heterocycles. The second-order valence-electron chi connectivity index (χ2n) is 20.3. The molecule has 0 aliphatic heterocycles. The molecule has 11 aromatic rings. The van der Waals surface area contributed by atoms with E-state index in [1.165, 1.54) is 77.0 Å². The third kappa shape index (κ3) is 5.42. The molecule has 0 fully saturated rings. The number of hydrogen-bond acceptors (Lipinski definition) is 3. The lowest BCUT2D eigenvalue weighted by Gasteiger charge is -2.42. The van der Waals surface area contributed by atoms with Crippen molar-refractivity contribution in [1.82, 2.24) is 24.1 Å². The number of rotatable bonds is 4. The molecule has 0 atom stereocenters. The monoisotopic (exact) mass is 839 g/mol. The maximum Gasteiger partial charge on any atom is 0.238 e. The predicted molar refractivity (Wildman–Crippen MR) is 270 cm³/mol. The first-order chi connectivity index (χ1) is 31.5. The molecule has 3 heterocycles. The van der Waals surface area contributed by atoms with Crippen molar-refractivity contribution >= 4 is 54.4 Å². The number of fused-ring (bicyclic) bond motifs is 13. The summed E-state index contributed by atoms with van der Waals surface area (Å²) in [7, 11) is 0. The van der Waals surface area contributed by atoms with Gasteiger partial charge in [0.25, 0.3) is 0 Å². The molecule has 8 aromatic carbocycles. The Morgan fingerprint density at radius 2 is 1.08 bits per heavy atom. The van der Waals surface area contributed by atoms with E-state index in [0.29, 0.717) is 17.6 Å². The molecule has 0 amide bonds. The largest absolute Gasteiger partial charge is 0.309 e. The average molecular weight is 840 g/mol. The fourth-order valence-corrected chi connectivity index (χ4v) is 11.7. The summed E-state index contributed by atoms with van der Waals surface area (Å²) in [6, 6.07) is 59.9. The van der Waals surface area contributed by atoms with Gasteiger partial charge in [0, 0.05) is 43.8 Å². The van der Waals surface area contributed by atoms with E-state index in [-0.39, 0.29) is 16.2 Å². The average Bonchev–Trinajstić information content (AvgIpc) is 3.92. The third-order valence-electron chi connectivity index (χ3n) is 15.2. The van der Waals surface area contributed by atoms with E-state index in [1.54, 1.807) is 0 Å². The molecule has 2 aliphatic rings. The smallest absolute Gasteiger partial charge is 0.238 e. The summed E-state index contributed by atoms with van der Waals surface area (Å²) in [6.45, 7) is 14.4. The zero-order valence-corrected chi connectivity index (χ0v) is 37.7. The summed E-state index contributed by atoms with van der Waals surface area (Å²) in [4.78, 5) is 16.2. The summed E-state index contributed by atoms with van der Waals surface area (Å²) >= 11 is 0. The quantitative estimate of drug-likeness (QED) is 0.177. The summed E-state index contributed by atoms with van der Waals surface area (Å²) in [5, 5.41) is 7.23. The minimum absolute atomic E-state index is 0.00660. The van der Waals surface area contributed by atoms with Gasteiger partial charge in [-0.2, -0.15) is 9.97 Å². The Balaban J connectivity index is 1.15. The fraction of sp³-hybridized carbons (Fsp3) is 0.183. The molecule has 0 spiro atoms. The van der Waals surface area contributed by atoms with Crippen LogP contribution < -0.4 is 0 Å². The molecule has 13 rings (SSSR count). The lowest BCUT2D eigenvalue weighted by molar-refractivity contribution is 0.334. The van der Waals surface area contributed by atoms with E-state index in [1.807, 2.05) is 6.07 Å². The third-order valence-corrected chi connectivity index (χ3v) is 15.2. The molecule has 3 aromatic heterocycles. The highest BCUT2D eigenvalue weighted by Gasteiger charge is 2.40. The Hall–Kier alpha value is -7.37. The Morgan fingerprint density at radius 1 is 0.431 bits per heavy atom. The van der Waals surface area contributed by atoms with Crippen molar-refractivity contribution in [3.63, 3.8) is 0 Å². The molecule has 0 N–H and O–H groups in total. The van der Waals surface area contributed by atoms with E-state index in [2.05, 4.69) is 208 Å². The molecule has 5 heteroatoms. The summed E-state index contributed by atoms with van der Waals surface area (Å²) in [5.74, 6) is 1.88. The Morgan fingerprint density at radius 3 is 1.89 bits per heavy atom. The predicted octanol–water partition coefficient (Wildman–Crippen LogP) is 15.2. The maximum absolute atomic E-state index is 5.49. The van der Waals surface area contributed by atoms with Gasteiger partial charge in [0.2, 0.25) is 5.95 Å². The van der Waals surface area contributed by atoms with Crippen molar-refractivity contribution in [3.05, 3.63) is 186 Å². The molecule has 0 radical (unpaired) electrons. The van der Waals surface area contributed by atoms with E-state index in [4.69, 9.17) is 15.0 Å². The molecular formula is C60H49N5. The van der Waals surface area contributed by atoms with Crippen LogP contribution in [0.3, 0.4) is 0 Å². The fourth-order valence-electron chi connectivity index (χ4n) is 11.7. The van der Waals surface area contributed by atoms with Gasteiger partial charge in [0.15, 0.2) is 11.6 Å². The van der Waals surface area contributed by atoms with E-state index in [9.17, 15) is 0 Å². The van der Waals surface area contributed by atoms with Crippen molar-refractivity contribution in [1.29, 1.82) is 0 Å². The summed E-state index contributed by atoms with van der Waals surface area (Å²) in [5.41, 5.74) is 15.8. The van der Waals surface area contributed by atoms with Gasteiger partial charge in [-0.3, -0.25) is 4.57 Å². The minimum atomic E-state index is -0.101. The van der Waals surface area contributed by atoms with E-state index in [0.717, 1.165) is 40.4 Å². The normalized spacial score (nSPS) is 15.8. The van der Waals surface area contributed by atoms with Crippen LogP contribution in [0.5, 0.6) is 0 Å². The first kappa shape index (κ1) is 38.1. The van der Waals surface area contributed by atoms with Crippen LogP contribution in [0.15, 0.2) is 164 Å². The molecule has 314 valence electrons. The molecule has 2 aliphatic carbocycles. The second kappa shape index (κ2) is 13.3. The lowest BCUT2D eigenvalue weighted by Crippen LogP contribution is -2.34. The Kier molecular flexibility index (Phi) is 7.82. The van der Waals surface area contributed by atoms with Gasteiger partial charge in [-0.1, -0.05) is 169 Å². The minimum Gasteiger partial charge on any atom is -0.309 e. The molecule has 0 saturated carbocycles. The Labute approximate surface area is 379 Å². The van der Waals surface area contributed by atoms with Crippen molar-refractivity contribution in [2.45, 2.75) is 70.6 Å². The molecule has 0 bridgehead atoms. The van der Waals surface area contributed by atoms with Crippen LogP contribution in [0, 0.1) is 0 Å². The van der Waals surface area contributed by atoms with Gasteiger partial charge < -0.3 is 4.57 Å². The van der Waals surface area contributed by atoms with Crippen molar-refractivity contribution < 1.29 is 0 Å². The van der Waals surface area contributed by atoms with Crippen molar-refractivity contribution in [3.8, 4) is 45.5 Å². The van der Waals surface area contributed by atoms with Crippen molar-refractivity contribution in [2.24, 2.45) is 0 Å². The Bertz CT molecular complexity index is 3790. The van der Waals surface area contributed by atoms with Crippen molar-refractivity contribution in [2.75, 3.05) is 0 Å². The van der Waals surface area contributed by atoms with Crippen LogP contribution in [0.25, 0.3) is 99.9 Å². The van der Waals surface area contributed by atoms with Gasteiger partial charge in [-0.15, -0.1) is 0 Å². The second-order valence-corrected chi connectivity index (χ2v) is 20.3. The number of benzene rings is 8. The van der Waals surface area contributed by atoms with Crippen LogP contribution in [0.2, 0.25) is 0 Å². The number of aromatic nitrogens is 5. The molecule has 5 nitrogen and oxygen atoms in total. The van der Waals surface area contributed by atoms with Gasteiger partial charge in [0.05, 0.1) is 22.1 Å². The SMILES string of the molecule is CC1(C)CCC(C)(C)c2c1ccc1c3cc4c(cc3n(-c3ccccc3)c21)c1c2ccccc2ccc1n4-c1nc(-c2ccccc2)nc(-c2ccc3c(c2)-c2ccccc2C3(C)C)n1. The highest BCUT2D eigenvalue weighted by atomic mass is 15.2. The standard InChI is InChI=1S/C60H49N5/c1-58(2)31-32-59(3,4)53-48(58)29-27-42-44-34-51-45(35-50(44)64(54(42)53)39-20-11-8-12-21-39)52-40-22-14-13-17-36(40)26-30-49(52)65(51)57-62-55(37-18-9-7-10-19-37)61-56(63-57)38-25-28-47-43(33-38)41-23-15-16-24-46(41)60(47,5)6/h7-30,33-35H,31-32H2,1-6H3. The lowest BCUT2D eigenvalue weighted by atomic mass is 9.62. The molecular weight excluding hydrogens is 791 g/mol.